The average Bonchev–Trinajstić information content (AvgIpc) is 2.74. The van der Waals surface area contributed by atoms with Gasteiger partial charge < -0.3 is 10.6 Å². The van der Waals surface area contributed by atoms with Crippen LogP contribution in [0, 0.1) is 6.92 Å². The quantitative estimate of drug-likeness (QED) is 0.683. The smallest absolute Gasteiger partial charge is 0.145 e. The fourth-order valence-electron chi connectivity index (χ4n) is 4.90. The van der Waals surface area contributed by atoms with Crippen LogP contribution in [-0.4, -0.2) is 16.5 Å². The van der Waals surface area contributed by atoms with Crippen LogP contribution >= 0.6 is 0 Å². The predicted octanol–water partition coefficient (Wildman–Crippen LogP) is 4.84. The number of hydrogen-bond acceptors (Lipinski definition) is 4. The molecule has 1 aromatic heterocycles. The average molecular weight is 399 g/mol. The molecule has 0 saturated heterocycles. The zero-order valence-corrected chi connectivity index (χ0v) is 17.9. The van der Waals surface area contributed by atoms with E-state index in [2.05, 4.69) is 65.3 Å². The fraction of sp³-hybridized carbons (Fsp3) is 0.385. The molecule has 4 heteroatoms. The molecule has 2 aliphatic rings. The van der Waals surface area contributed by atoms with Crippen molar-refractivity contribution >= 4 is 5.69 Å². The van der Waals surface area contributed by atoms with Crippen molar-refractivity contribution in [3.05, 3.63) is 88.5 Å². The first kappa shape index (κ1) is 19.3. The number of rotatable bonds is 4. The number of anilines is 1. The van der Waals surface area contributed by atoms with Crippen LogP contribution in [0.5, 0.6) is 0 Å². The summed E-state index contributed by atoms with van der Waals surface area (Å²) in [6, 6.07) is 18.3. The van der Waals surface area contributed by atoms with Gasteiger partial charge >= 0.3 is 0 Å². The largest absolute Gasteiger partial charge is 0.365 e. The third-order valence-corrected chi connectivity index (χ3v) is 6.97. The molecule has 0 radical (unpaired) electrons. The highest BCUT2D eigenvalue weighted by atomic mass is 15.1. The number of hydrogen-bond donors (Lipinski definition) is 1. The Balaban J connectivity index is 1.39. The molecule has 0 bridgehead atoms. The van der Waals surface area contributed by atoms with Gasteiger partial charge in [-0.15, -0.1) is 0 Å². The number of benzene rings is 2. The van der Waals surface area contributed by atoms with Crippen LogP contribution in [0.3, 0.4) is 0 Å². The molecule has 1 aliphatic carbocycles. The van der Waals surface area contributed by atoms with Gasteiger partial charge in [-0.05, 0) is 61.9 Å². The lowest BCUT2D eigenvalue weighted by Gasteiger charge is -2.43. The predicted molar refractivity (Wildman–Crippen MR) is 122 cm³/mol. The molecule has 1 unspecified atom stereocenters. The fourth-order valence-corrected chi connectivity index (χ4v) is 4.90. The lowest BCUT2D eigenvalue weighted by Crippen LogP contribution is -2.35. The van der Waals surface area contributed by atoms with Gasteiger partial charge in [-0.2, -0.15) is 0 Å². The van der Waals surface area contributed by atoms with E-state index < -0.39 is 0 Å². The molecule has 4 nitrogen and oxygen atoms in total. The van der Waals surface area contributed by atoms with Gasteiger partial charge in [-0.1, -0.05) is 48.4 Å². The van der Waals surface area contributed by atoms with E-state index in [0.717, 1.165) is 31.0 Å². The Labute approximate surface area is 179 Å². The normalized spacial score (nSPS) is 18.4. The number of nitrogens with zero attached hydrogens (tertiary/aromatic N) is 3. The van der Waals surface area contributed by atoms with Crippen molar-refractivity contribution in [2.24, 2.45) is 5.73 Å². The van der Waals surface area contributed by atoms with Crippen molar-refractivity contribution in [2.75, 3.05) is 11.4 Å². The van der Waals surface area contributed by atoms with E-state index in [9.17, 15) is 0 Å². The molecule has 154 valence electrons. The topological polar surface area (TPSA) is 55.0 Å². The monoisotopic (exact) mass is 398 g/mol. The molecule has 2 heterocycles. The molecule has 0 amide bonds. The zero-order chi connectivity index (χ0) is 20.7. The van der Waals surface area contributed by atoms with Crippen molar-refractivity contribution in [1.82, 2.24) is 9.97 Å². The van der Waals surface area contributed by atoms with Gasteiger partial charge in [0.05, 0.1) is 18.3 Å². The SMILES string of the molecule is Cc1ccc(C2(c3ccc(N4CCc5cnc(C(C)N)nc5C4)cc3)CCC2)cc1. The molecule has 2 N–H and O–H groups in total. The lowest BCUT2D eigenvalue weighted by molar-refractivity contribution is 0.301. The molecule has 1 aliphatic heterocycles. The third-order valence-electron chi connectivity index (χ3n) is 6.97. The first-order valence-electron chi connectivity index (χ1n) is 11.1. The molecule has 1 fully saturated rings. The summed E-state index contributed by atoms with van der Waals surface area (Å²) in [7, 11) is 0. The molecule has 1 atom stereocenters. The lowest BCUT2D eigenvalue weighted by atomic mass is 9.60. The molecule has 1 saturated carbocycles. The standard InChI is InChI=1S/C26H30N4/c1-18-4-6-21(7-5-18)26(13-3-14-26)22-8-10-23(11-9-22)30-15-12-20-16-28-25(19(2)27)29-24(20)17-30/h4-11,16,19H,3,12-15,17,27H2,1-2H3. The maximum atomic E-state index is 5.99. The van der Waals surface area contributed by atoms with Gasteiger partial charge in [0, 0.05) is 23.8 Å². The van der Waals surface area contributed by atoms with Crippen LogP contribution < -0.4 is 10.6 Å². The Morgan fingerprint density at radius 1 is 1.00 bits per heavy atom. The number of aromatic nitrogens is 2. The third kappa shape index (κ3) is 3.29. The summed E-state index contributed by atoms with van der Waals surface area (Å²) >= 11 is 0. The van der Waals surface area contributed by atoms with Crippen LogP contribution in [0.2, 0.25) is 0 Å². The summed E-state index contributed by atoms with van der Waals surface area (Å²) in [6.07, 6.45) is 6.72. The van der Waals surface area contributed by atoms with Crippen LogP contribution in [0.15, 0.2) is 54.7 Å². The summed E-state index contributed by atoms with van der Waals surface area (Å²) in [4.78, 5) is 11.6. The number of aryl methyl sites for hydroxylation is 1. The Hall–Kier alpha value is -2.72. The van der Waals surface area contributed by atoms with Crippen molar-refractivity contribution in [2.45, 2.75) is 57.5 Å². The van der Waals surface area contributed by atoms with E-state index in [-0.39, 0.29) is 11.5 Å². The van der Waals surface area contributed by atoms with Crippen molar-refractivity contribution in [1.29, 1.82) is 0 Å². The summed E-state index contributed by atoms with van der Waals surface area (Å²) in [5.74, 6) is 0.732. The molecule has 0 spiro atoms. The highest BCUT2D eigenvalue weighted by molar-refractivity contribution is 5.53. The highest BCUT2D eigenvalue weighted by Crippen LogP contribution is 2.49. The molecule has 2 aromatic carbocycles. The second-order valence-corrected chi connectivity index (χ2v) is 9.01. The summed E-state index contributed by atoms with van der Waals surface area (Å²) in [6.45, 7) is 5.91. The van der Waals surface area contributed by atoms with Gasteiger partial charge in [-0.3, -0.25) is 0 Å². The van der Waals surface area contributed by atoms with E-state index in [0.29, 0.717) is 0 Å². The van der Waals surface area contributed by atoms with Gasteiger partial charge in [0.25, 0.3) is 0 Å². The van der Waals surface area contributed by atoms with Gasteiger partial charge in [0.1, 0.15) is 5.82 Å². The van der Waals surface area contributed by atoms with Crippen LogP contribution in [0.1, 0.15) is 66.0 Å². The Morgan fingerprint density at radius 2 is 1.67 bits per heavy atom. The molecule has 3 aromatic rings. The van der Waals surface area contributed by atoms with Crippen LogP contribution in [-0.2, 0) is 18.4 Å². The molecular weight excluding hydrogens is 368 g/mol. The van der Waals surface area contributed by atoms with E-state index in [1.807, 2.05) is 13.1 Å². The minimum absolute atomic E-state index is 0.134. The van der Waals surface area contributed by atoms with Gasteiger partial charge in [0.2, 0.25) is 0 Å². The van der Waals surface area contributed by atoms with Crippen LogP contribution in [0.4, 0.5) is 5.69 Å². The maximum absolute atomic E-state index is 5.99. The Morgan fingerprint density at radius 3 is 2.27 bits per heavy atom. The number of fused-ring (bicyclic) bond motifs is 1. The first-order chi connectivity index (χ1) is 14.5. The molecular formula is C26H30N4. The van der Waals surface area contributed by atoms with Gasteiger partial charge in [0.15, 0.2) is 0 Å². The molecule has 5 rings (SSSR count). The van der Waals surface area contributed by atoms with E-state index in [1.165, 1.54) is 47.2 Å². The van der Waals surface area contributed by atoms with E-state index in [1.54, 1.807) is 0 Å². The van der Waals surface area contributed by atoms with E-state index in [4.69, 9.17) is 10.7 Å². The summed E-state index contributed by atoms with van der Waals surface area (Å²) in [5, 5.41) is 0. The van der Waals surface area contributed by atoms with Crippen molar-refractivity contribution in [3.63, 3.8) is 0 Å². The summed E-state index contributed by atoms with van der Waals surface area (Å²) in [5.41, 5.74) is 14.0. The van der Waals surface area contributed by atoms with Crippen LogP contribution in [0.25, 0.3) is 0 Å². The zero-order valence-electron chi connectivity index (χ0n) is 17.9. The summed E-state index contributed by atoms with van der Waals surface area (Å²) < 4.78 is 0. The van der Waals surface area contributed by atoms with Crippen molar-refractivity contribution in [3.8, 4) is 0 Å². The second kappa shape index (κ2) is 7.51. The van der Waals surface area contributed by atoms with Crippen molar-refractivity contribution < 1.29 is 0 Å². The Bertz CT molecular complexity index is 1030. The van der Waals surface area contributed by atoms with Gasteiger partial charge in [-0.25, -0.2) is 9.97 Å². The Kier molecular flexibility index (Phi) is 4.82. The minimum atomic E-state index is -0.134. The number of nitrogens with two attached hydrogens (primary N) is 1. The highest BCUT2D eigenvalue weighted by Gasteiger charge is 2.40. The second-order valence-electron chi connectivity index (χ2n) is 9.01. The maximum Gasteiger partial charge on any atom is 0.145 e. The minimum Gasteiger partial charge on any atom is -0.365 e. The first-order valence-corrected chi connectivity index (χ1v) is 11.1. The van der Waals surface area contributed by atoms with E-state index >= 15 is 0 Å². The molecule has 30 heavy (non-hydrogen) atoms.